The summed E-state index contributed by atoms with van der Waals surface area (Å²) in [6, 6.07) is 13.6. The molecular formula is C12H10N4. The second kappa shape index (κ2) is 3.34. The third kappa shape index (κ3) is 1.24. The average Bonchev–Trinajstić information content (AvgIpc) is 2.75. The Morgan fingerprint density at radius 2 is 1.75 bits per heavy atom. The molecule has 0 saturated heterocycles. The molecule has 4 heteroatoms. The predicted molar refractivity (Wildman–Crippen MR) is 62.8 cm³/mol. The molecule has 0 amide bonds. The van der Waals surface area contributed by atoms with Gasteiger partial charge in [-0.25, -0.2) is 0 Å². The second-order valence-electron chi connectivity index (χ2n) is 3.55. The lowest BCUT2D eigenvalue weighted by atomic mass is 10.2. The maximum absolute atomic E-state index is 5.82. The van der Waals surface area contributed by atoms with E-state index in [-0.39, 0.29) is 0 Å². The zero-order chi connectivity index (χ0) is 11.0. The summed E-state index contributed by atoms with van der Waals surface area (Å²) in [6.45, 7) is 0. The van der Waals surface area contributed by atoms with Crippen LogP contribution in [0.3, 0.4) is 0 Å². The minimum Gasteiger partial charge on any atom is -0.396 e. The zero-order valence-corrected chi connectivity index (χ0v) is 8.54. The van der Waals surface area contributed by atoms with Gasteiger partial charge in [-0.15, -0.1) is 10.2 Å². The number of aromatic nitrogens is 3. The van der Waals surface area contributed by atoms with Crippen molar-refractivity contribution < 1.29 is 0 Å². The number of nitrogens with two attached hydrogens (primary N) is 1. The van der Waals surface area contributed by atoms with Gasteiger partial charge in [-0.1, -0.05) is 30.3 Å². The number of benzene rings is 1. The molecule has 0 aliphatic rings. The zero-order valence-electron chi connectivity index (χ0n) is 8.54. The number of hydrogen-bond donors (Lipinski definition) is 1. The van der Waals surface area contributed by atoms with Crippen LogP contribution in [-0.2, 0) is 0 Å². The van der Waals surface area contributed by atoms with Crippen LogP contribution >= 0.6 is 0 Å². The van der Waals surface area contributed by atoms with Gasteiger partial charge in [0.05, 0.1) is 5.69 Å². The second-order valence-corrected chi connectivity index (χ2v) is 3.55. The number of nitrogens with zero attached hydrogens (tertiary/aromatic N) is 3. The van der Waals surface area contributed by atoms with Crippen LogP contribution in [0.15, 0.2) is 48.7 Å². The van der Waals surface area contributed by atoms with Gasteiger partial charge >= 0.3 is 0 Å². The van der Waals surface area contributed by atoms with Crippen molar-refractivity contribution in [2.45, 2.75) is 0 Å². The van der Waals surface area contributed by atoms with Crippen LogP contribution in [0, 0.1) is 0 Å². The lowest BCUT2D eigenvalue weighted by molar-refractivity contribution is 1.11. The van der Waals surface area contributed by atoms with Crippen molar-refractivity contribution in [3.63, 3.8) is 0 Å². The van der Waals surface area contributed by atoms with Crippen LogP contribution in [0.1, 0.15) is 0 Å². The van der Waals surface area contributed by atoms with E-state index in [1.54, 1.807) is 0 Å². The molecule has 0 unspecified atom stereocenters. The van der Waals surface area contributed by atoms with Gasteiger partial charge in [0.15, 0.2) is 11.5 Å². The molecule has 2 aromatic heterocycles. The highest BCUT2D eigenvalue weighted by molar-refractivity contribution is 5.68. The molecule has 0 saturated carbocycles. The van der Waals surface area contributed by atoms with E-state index in [1.165, 1.54) is 0 Å². The van der Waals surface area contributed by atoms with Crippen LogP contribution in [-0.4, -0.2) is 14.6 Å². The standard InChI is InChI=1S/C12H10N4/c13-10-7-4-8-16-11(14-15-12(10)16)9-5-2-1-3-6-9/h1-8H,13H2. The number of anilines is 1. The maximum atomic E-state index is 5.82. The summed E-state index contributed by atoms with van der Waals surface area (Å²) in [5.74, 6) is 0.808. The van der Waals surface area contributed by atoms with E-state index in [9.17, 15) is 0 Å². The van der Waals surface area contributed by atoms with Crippen molar-refractivity contribution in [2.75, 3.05) is 5.73 Å². The normalized spacial score (nSPS) is 10.8. The van der Waals surface area contributed by atoms with Gasteiger partial charge in [-0.05, 0) is 12.1 Å². The fourth-order valence-corrected chi connectivity index (χ4v) is 1.72. The first-order valence-corrected chi connectivity index (χ1v) is 5.01. The Balaban J connectivity index is 2.30. The van der Waals surface area contributed by atoms with E-state index in [0.717, 1.165) is 11.4 Å². The van der Waals surface area contributed by atoms with Gasteiger partial charge in [-0.3, -0.25) is 4.40 Å². The molecule has 4 nitrogen and oxygen atoms in total. The number of hydrogen-bond acceptors (Lipinski definition) is 3. The number of fused-ring (bicyclic) bond motifs is 1. The van der Waals surface area contributed by atoms with Gasteiger partial charge < -0.3 is 5.73 Å². The minimum atomic E-state index is 0.636. The molecular weight excluding hydrogens is 200 g/mol. The maximum Gasteiger partial charge on any atom is 0.184 e. The molecule has 0 fully saturated rings. The van der Waals surface area contributed by atoms with Crippen molar-refractivity contribution >= 4 is 11.3 Å². The van der Waals surface area contributed by atoms with E-state index in [4.69, 9.17) is 5.73 Å². The molecule has 0 spiro atoms. The van der Waals surface area contributed by atoms with Crippen LogP contribution in [0.2, 0.25) is 0 Å². The van der Waals surface area contributed by atoms with E-state index in [1.807, 2.05) is 53.1 Å². The van der Waals surface area contributed by atoms with E-state index in [0.29, 0.717) is 11.3 Å². The first-order chi connectivity index (χ1) is 7.86. The van der Waals surface area contributed by atoms with Crippen molar-refractivity contribution in [3.8, 4) is 11.4 Å². The number of rotatable bonds is 1. The molecule has 0 atom stereocenters. The van der Waals surface area contributed by atoms with Crippen LogP contribution in [0.4, 0.5) is 5.69 Å². The topological polar surface area (TPSA) is 56.2 Å². The molecule has 78 valence electrons. The third-order valence-electron chi connectivity index (χ3n) is 2.50. The summed E-state index contributed by atoms with van der Waals surface area (Å²) in [5, 5.41) is 8.24. The van der Waals surface area contributed by atoms with Crippen molar-refractivity contribution in [3.05, 3.63) is 48.7 Å². The highest BCUT2D eigenvalue weighted by Crippen LogP contribution is 2.20. The smallest absolute Gasteiger partial charge is 0.184 e. The summed E-state index contributed by atoms with van der Waals surface area (Å²) in [4.78, 5) is 0. The highest BCUT2D eigenvalue weighted by Gasteiger charge is 2.08. The molecule has 0 aliphatic heterocycles. The average molecular weight is 210 g/mol. The summed E-state index contributed by atoms with van der Waals surface area (Å²) in [6.07, 6.45) is 1.91. The van der Waals surface area contributed by atoms with Crippen LogP contribution in [0.25, 0.3) is 17.0 Å². The Labute approximate surface area is 92.4 Å². The van der Waals surface area contributed by atoms with Gasteiger partial charge in [-0.2, -0.15) is 0 Å². The third-order valence-corrected chi connectivity index (χ3v) is 2.50. The Morgan fingerprint density at radius 1 is 0.938 bits per heavy atom. The summed E-state index contributed by atoms with van der Waals surface area (Å²) in [5.41, 5.74) is 8.18. The quantitative estimate of drug-likeness (QED) is 0.668. The highest BCUT2D eigenvalue weighted by atomic mass is 15.2. The Kier molecular flexibility index (Phi) is 1.86. The predicted octanol–water partition coefficient (Wildman–Crippen LogP) is 1.98. The van der Waals surface area contributed by atoms with Crippen molar-refractivity contribution in [2.24, 2.45) is 0 Å². The number of nitrogen functional groups attached to an aromatic ring is 1. The van der Waals surface area contributed by atoms with E-state index < -0.39 is 0 Å². The molecule has 1 aromatic carbocycles. The Hall–Kier alpha value is -2.36. The first kappa shape index (κ1) is 8.91. The minimum absolute atomic E-state index is 0.636. The van der Waals surface area contributed by atoms with Crippen molar-refractivity contribution in [1.82, 2.24) is 14.6 Å². The van der Waals surface area contributed by atoms with Crippen LogP contribution < -0.4 is 5.73 Å². The molecule has 0 bridgehead atoms. The molecule has 0 aliphatic carbocycles. The molecule has 2 heterocycles. The monoisotopic (exact) mass is 210 g/mol. The summed E-state index contributed by atoms with van der Waals surface area (Å²) in [7, 11) is 0. The molecule has 2 N–H and O–H groups in total. The molecule has 3 rings (SSSR count). The molecule has 3 aromatic rings. The lowest BCUT2D eigenvalue weighted by Gasteiger charge is -2.00. The SMILES string of the molecule is Nc1cccn2c(-c3ccccc3)nnc12. The van der Waals surface area contributed by atoms with Gasteiger partial charge in [0.1, 0.15) is 0 Å². The first-order valence-electron chi connectivity index (χ1n) is 5.01. The van der Waals surface area contributed by atoms with Gasteiger partial charge in [0.25, 0.3) is 0 Å². The van der Waals surface area contributed by atoms with Crippen molar-refractivity contribution in [1.29, 1.82) is 0 Å². The fraction of sp³-hybridized carbons (Fsp3) is 0. The Bertz CT molecular complexity index is 628. The largest absolute Gasteiger partial charge is 0.396 e. The van der Waals surface area contributed by atoms with Gasteiger partial charge in [0, 0.05) is 11.8 Å². The van der Waals surface area contributed by atoms with Crippen LogP contribution in [0.5, 0.6) is 0 Å². The summed E-state index contributed by atoms with van der Waals surface area (Å²) < 4.78 is 1.89. The number of pyridine rings is 1. The van der Waals surface area contributed by atoms with E-state index in [2.05, 4.69) is 10.2 Å². The molecule has 16 heavy (non-hydrogen) atoms. The molecule has 0 radical (unpaired) electrons. The van der Waals surface area contributed by atoms with Gasteiger partial charge in [0.2, 0.25) is 0 Å². The van der Waals surface area contributed by atoms with E-state index >= 15 is 0 Å². The Morgan fingerprint density at radius 3 is 2.56 bits per heavy atom. The lowest BCUT2D eigenvalue weighted by Crippen LogP contribution is -1.93. The summed E-state index contributed by atoms with van der Waals surface area (Å²) >= 11 is 0. The fourth-order valence-electron chi connectivity index (χ4n) is 1.72.